The molecule has 2 nitrogen and oxygen atoms in total. The zero-order valence-corrected chi connectivity index (χ0v) is 7.73. The molecule has 1 aliphatic rings. The maximum atomic E-state index is 5.27. The Labute approximate surface area is 68.2 Å². The van der Waals surface area contributed by atoms with Crippen LogP contribution in [0.4, 0.5) is 0 Å². The van der Waals surface area contributed by atoms with Crippen LogP contribution in [0, 0.1) is 0 Å². The van der Waals surface area contributed by atoms with E-state index < -0.39 is 5.79 Å². The first-order chi connectivity index (χ1) is 5.14. The van der Waals surface area contributed by atoms with Gasteiger partial charge in [0.25, 0.3) is 0 Å². The molecule has 0 heterocycles. The molecule has 0 aromatic rings. The van der Waals surface area contributed by atoms with E-state index in [2.05, 4.69) is 6.92 Å². The average molecular weight is 156 g/mol. The van der Waals surface area contributed by atoms with Crippen molar-refractivity contribution in [1.82, 2.24) is 0 Å². The van der Waals surface area contributed by atoms with E-state index in [0.29, 0.717) is 0 Å². The van der Waals surface area contributed by atoms with E-state index in [1.165, 1.54) is 24.0 Å². The van der Waals surface area contributed by atoms with E-state index in [9.17, 15) is 0 Å². The third-order valence-electron chi connectivity index (χ3n) is 2.49. The van der Waals surface area contributed by atoms with E-state index in [0.717, 1.165) is 0 Å². The van der Waals surface area contributed by atoms with Crippen molar-refractivity contribution in [1.29, 1.82) is 0 Å². The molecular formula is C9H16O2. The maximum absolute atomic E-state index is 5.27. The SMILES string of the molecule is COC(C)(OC)C(C)=C1CC1. The van der Waals surface area contributed by atoms with Crippen LogP contribution in [-0.4, -0.2) is 20.0 Å². The molecule has 0 radical (unpaired) electrons. The van der Waals surface area contributed by atoms with Crippen molar-refractivity contribution < 1.29 is 9.47 Å². The van der Waals surface area contributed by atoms with Crippen molar-refractivity contribution >= 4 is 0 Å². The van der Waals surface area contributed by atoms with Gasteiger partial charge in [0.2, 0.25) is 0 Å². The minimum atomic E-state index is -0.494. The van der Waals surface area contributed by atoms with E-state index in [1.54, 1.807) is 14.2 Å². The number of ether oxygens (including phenoxy) is 2. The van der Waals surface area contributed by atoms with Gasteiger partial charge in [0.1, 0.15) is 0 Å². The first-order valence-electron chi connectivity index (χ1n) is 3.93. The smallest absolute Gasteiger partial charge is 0.187 e. The number of hydrogen-bond acceptors (Lipinski definition) is 2. The Kier molecular flexibility index (Phi) is 2.35. The molecule has 64 valence electrons. The van der Waals surface area contributed by atoms with Gasteiger partial charge in [-0.05, 0) is 32.3 Å². The predicted molar refractivity (Wildman–Crippen MR) is 44.4 cm³/mol. The van der Waals surface area contributed by atoms with Gasteiger partial charge in [0.15, 0.2) is 5.79 Å². The van der Waals surface area contributed by atoms with Crippen molar-refractivity contribution in [3.8, 4) is 0 Å². The Morgan fingerprint density at radius 1 is 1.27 bits per heavy atom. The first-order valence-corrected chi connectivity index (χ1v) is 3.93. The summed E-state index contributed by atoms with van der Waals surface area (Å²) in [6, 6.07) is 0. The van der Waals surface area contributed by atoms with Crippen LogP contribution in [0.2, 0.25) is 0 Å². The Bertz CT molecular complexity index is 172. The Hall–Kier alpha value is -0.340. The lowest BCUT2D eigenvalue weighted by molar-refractivity contribution is -0.164. The van der Waals surface area contributed by atoms with Crippen molar-refractivity contribution in [2.45, 2.75) is 32.5 Å². The van der Waals surface area contributed by atoms with Gasteiger partial charge in [-0.2, -0.15) is 0 Å². The van der Waals surface area contributed by atoms with Crippen molar-refractivity contribution in [2.24, 2.45) is 0 Å². The van der Waals surface area contributed by atoms with Crippen LogP contribution in [0.1, 0.15) is 26.7 Å². The summed E-state index contributed by atoms with van der Waals surface area (Å²) in [5, 5.41) is 0. The van der Waals surface area contributed by atoms with E-state index in [-0.39, 0.29) is 0 Å². The fourth-order valence-electron chi connectivity index (χ4n) is 1.15. The Balaban J connectivity index is 2.76. The third kappa shape index (κ3) is 1.63. The molecule has 0 unspecified atom stereocenters. The summed E-state index contributed by atoms with van der Waals surface area (Å²) in [5.74, 6) is -0.494. The van der Waals surface area contributed by atoms with Crippen LogP contribution in [0.3, 0.4) is 0 Å². The van der Waals surface area contributed by atoms with Crippen molar-refractivity contribution in [3.05, 3.63) is 11.1 Å². The lowest BCUT2D eigenvalue weighted by atomic mass is 10.1. The highest BCUT2D eigenvalue weighted by atomic mass is 16.7. The lowest BCUT2D eigenvalue weighted by Crippen LogP contribution is -2.31. The molecule has 0 aliphatic heterocycles. The normalized spacial score (nSPS) is 16.9. The molecule has 0 bridgehead atoms. The van der Waals surface area contributed by atoms with Gasteiger partial charge in [-0.15, -0.1) is 0 Å². The quantitative estimate of drug-likeness (QED) is 0.460. The molecule has 1 saturated carbocycles. The summed E-state index contributed by atoms with van der Waals surface area (Å²) in [6.45, 7) is 4.03. The molecule has 0 N–H and O–H groups in total. The predicted octanol–water partition coefficient (Wildman–Crippen LogP) is 2.11. The highest BCUT2D eigenvalue weighted by Gasteiger charge is 2.30. The number of allylic oxidation sites excluding steroid dienone is 1. The molecule has 0 aromatic heterocycles. The van der Waals surface area contributed by atoms with Gasteiger partial charge in [0, 0.05) is 14.2 Å². The summed E-state index contributed by atoms with van der Waals surface area (Å²) in [6.07, 6.45) is 2.43. The van der Waals surface area contributed by atoms with E-state index in [1.807, 2.05) is 6.92 Å². The molecule has 0 saturated heterocycles. The van der Waals surface area contributed by atoms with Gasteiger partial charge in [0.05, 0.1) is 0 Å². The Morgan fingerprint density at radius 2 is 1.73 bits per heavy atom. The summed E-state index contributed by atoms with van der Waals surface area (Å²) in [5.41, 5.74) is 2.72. The standard InChI is InChI=1S/C9H16O2/c1-7(8-5-6-8)9(2,10-3)11-4/h5-6H2,1-4H3. The summed E-state index contributed by atoms with van der Waals surface area (Å²) >= 11 is 0. The molecule has 1 aliphatic carbocycles. The number of hydrogen-bond donors (Lipinski definition) is 0. The zero-order chi connectivity index (χ0) is 8.48. The van der Waals surface area contributed by atoms with E-state index in [4.69, 9.17) is 9.47 Å². The molecule has 11 heavy (non-hydrogen) atoms. The fourth-order valence-corrected chi connectivity index (χ4v) is 1.15. The fraction of sp³-hybridized carbons (Fsp3) is 0.778. The summed E-state index contributed by atoms with van der Waals surface area (Å²) in [4.78, 5) is 0. The maximum Gasteiger partial charge on any atom is 0.187 e. The highest BCUT2D eigenvalue weighted by Crippen LogP contribution is 2.37. The van der Waals surface area contributed by atoms with Crippen LogP contribution in [0.5, 0.6) is 0 Å². The summed E-state index contributed by atoms with van der Waals surface area (Å²) in [7, 11) is 3.35. The highest BCUT2D eigenvalue weighted by molar-refractivity contribution is 5.28. The van der Waals surface area contributed by atoms with Gasteiger partial charge in [-0.1, -0.05) is 5.57 Å². The molecular weight excluding hydrogens is 140 g/mol. The van der Waals surface area contributed by atoms with Gasteiger partial charge in [-0.25, -0.2) is 0 Å². The second kappa shape index (κ2) is 2.95. The molecule has 2 heteroatoms. The second-order valence-electron chi connectivity index (χ2n) is 3.08. The third-order valence-corrected chi connectivity index (χ3v) is 2.49. The van der Waals surface area contributed by atoms with Crippen molar-refractivity contribution in [2.75, 3.05) is 14.2 Å². The average Bonchev–Trinajstić information content (AvgIpc) is 2.84. The lowest BCUT2D eigenvalue weighted by Gasteiger charge is -2.27. The van der Waals surface area contributed by atoms with Crippen molar-refractivity contribution in [3.63, 3.8) is 0 Å². The van der Waals surface area contributed by atoms with Gasteiger partial charge in [-0.3, -0.25) is 0 Å². The van der Waals surface area contributed by atoms with Crippen LogP contribution in [0.25, 0.3) is 0 Å². The monoisotopic (exact) mass is 156 g/mol. The number of rotatable bonds is 3. The van der Waals surface area contributed by atoms with Gasteiger partial charge >= 0.3 is 0 Å². The van der Waals surface area contributed by atoms with Crippen LogP contribution < -0.4 is 0 Å². The van der Waals surface area contributed by atoms with E-state index >= 15 is 0 Å². The van der Waals surface area contributed by atoms with Crippen LogP contribution in [0.15, 0.2) is 11.1 Å². The molecule has 1 fully saturated rings. The second-order valence-corrected chi connectivity index (χ2v) is 3.08. The molecule has 0 spiro atoms. The largest absolute Gasteiger partial charge is 0.350 e. The topological polar surface area (TPSA) is 18.5 Å². The zero-order valence-electron chi connectivity index (χ0n) is 7.73. The first kappa shape index (κ1) is 8.75. The van der Waals surface area contributed by atoms with Crippen LogP contribution >= 0.6 is 0 Å². The number of methoxy groups -OCH3 is 2. The molecule has 0 atom stereocenters. The van der Waals surface area contributed by atoms with Gasteiger partial charge < -0.3 is 9.47 Å². The summed E-state index contributed by atoms with van der Waals surface area (Å²) < 4.78 is 10.5. The minimum absolute atomic E-state index is 0.494. The molecule has 0 amide bonds. The minimum Gasteiger partial charge on any atom is -0.350 e. The van der Waals surface area contributed by atoms with Crippen LogP contribution in [-0.2, 0) is 9.47 Å². The Morgan fingerprint density at radius 3 is 2.00 bits per heavy atom. The molecule has 1 rings (SSSR count). The molecule has 0 aromatic carbocycles.